The molecule has 0 fully saturated rings. The lowest BCUT2D eigenvalue weighted by atomic mass is 10.2. The van der Waals surface area contributed by atoms with E-state index in [0.29, 0.717) is 28.6 Å². The number of hydrogen-bond acceptors (Lipinski definition) is 7. The van der Waals surface area contributed by atoms with E-state index in [1.54, 1.807) is 37.8 Å². The molecule has 0 radical (unpaired) electrons. The Labute approximate surface area is 144 Å². The number of nitrogens with zero attached hydrogens (tertiary/aromatic N) is 3. The van der Waals surface area contributed by atoms with Gasteiger partial charge < -0.3 is 20.8 Å². The second-order valence-electron chi connectivity index (χ2n) is 4.66. The summed E-state index contributed by atoms with van der Waals surface area (Å²) in [6.07, 6.45) is 6.06. The normalized spacial score (nSPS) is 11.0. The van der Waals surface area contributed by atoms with Gasteiger partial charge in [0.2, 0.25) is 0 Å². The number of allylic oxidation sites excluding steroid dienone is 1. The van der Waals surface area contributed by atoms with Crippen LogP contribution in [-0.2, 0) is 11.3 Å². The van der Waals surface area contributed by atoms with Gasteiger partial charge in [-0.15, -0.1) is 0 Å². The molecule has 2 aromatic rings. The molecule has 0 saturated carbocycles. The van der Waals surface area contributed by atoms with Crippen LogP contribution in [0.4, 0.5) is 0 Å². The second kappa shape index (κ2) is 8.11. The first-order chi connectivity index (χ1) is 11.6. The first-order valence-electron chi connectivity index (χ1n) is 6.99. The number of pyridine rings is 1. The summed E-state index contributed by atoms with van der Waals surface area (Å²) in [5.41, 5.74) is 2.04. The van der Waals surface area contributed by atoms with E-state index in [9.17, 15) is 4.79 Å². The molecule has 24 heavy (non-hydrogen) atoms. The third-order valence-corrected chi connectivity index (χ3v) is 3.31. The summed E-state index contributed by atoms with van der Waals surface area (Å²) in [4.78, 5) is 15.9. The molecule has 9 heteroatoms. The van der Waals surface area contributed by atoms with Crippen LogP contribution in [0.5, 0.6) is 0 Å². The highest BCUT2D eigenvalue weighted by atomic mass is 35.5. The van der Waals surface area contributed by atoms with Gasteiger partial charge in [-0.1, -0.05) is 11.6 Å². The number of methoxy groups -OCH3 is 1. The largest absolute Gasteiger partial charge is 0.464 e. The fourth-order valence-electron chi connectivity index (χ4n) is 1.94. The summed E-state index contributed by atoms with van der Waals surface area (Å²) < 4.78 is 6.30. The van der Waals surface area contributed by atoms with Crippen LogP contribution in [0.2, 0.25) is 5.15 Å². The van der Waals surface area contributed by atoms with Crippen LogP contribution < -0.4 is 10.6 Å². The van der Waals surface area contributed by atoms with Crippen LogP contribution in [0.15, 0.2) is 36.4 Å². The predicted molar refractivity (Wildman–Crippen MR) is 90.5 cm³/mol. The van der Waals surface area contributed by atoms with E-state index < -0.39 is 5.97 Å². The maximum absolute atomic E-state index is 11.9. The molecule has 0 spiro atoms. The monoisotopic (exact) mass is 348 g/mol. The van der Waals surface area contributed by atoms with Crippen molar-refractivity contribution in [3.8, 4) is 5.69 Å². The van der Waals surface area contributed by atoms with E-state index in [1.807, 2.05) is 0 Å². The van der Waals surface area contributed by atoms with Gasteiger partial charge in [0.15, 0.2) is 5.69 Å². The molecule has 0 aliphatic heterocycles. The van der Waals surface area contributed by atoms with E-state index in [-0.39, 0.29) is 5.69 Å². The van der Waals surface area contributed by atoms with Crippen molar-refractivity contribution in [1.29, 1.82) is 5.41 Å². The maximum Gasteiger partial charge on any atom is 0.358 e. The molecule has 0 saturated heterocycles. The highest BCUT2D eigenvalue weighted by Crippen LogP contribution is 2.15. The topological polar surface area (TPSA) is 105 Å². The number of halogens is 1. The Hall–Kier alpha value is -2.87. The van der Waals surface area contributed by atoms with Crippen molar-refractivity contribution in [2.75, 3.05) is 14.2 Å². The first-order valence-corrected chi connectivity index (χ1v) is 7.37. The molecule has 0 bridgehead atoms. The molecule has 126 valence electrons. The van der Waals surface area contributed by atoms with Gasteiger partial charge in [0.05, 0.1) is 24.7 Å². The van der Waals surface area contributed by atoms with Crippen molar-refractivity contribution in [2.24, 2.45) is 0 Å². The molecular formula is C15H17ClN6O2. The molecule has 0 unspecified atom stereocenters. The maximum atomic E-state index is 11.9. The zero-order valence-electron chi connectivity index (χ0n) is 13.2. The lowest BCUT2D eigenvalue weighted by Crippen LogP contribution is -2.17. The predicted octanol–water partition coefficient (Wildman–Crippen LogP) is 1.51. The molecule has 2 aromatic heterocycles. The van der Waals surface area contributed by atoms with Crippen molar-refractivity contribution >= 4 is 23.8 Å². The van der Waals surface area contributed by atoms with Crippen LogP contribution in [0.1, 0.15) is 16.1 Å². The summed E-state index contributed by atoms with van der Waals surface area (Å²) in [5, 5.41) is 17.8. The number of carbonyl (C=O) groups excluding carboxylic acids is 1. The number of carbonyl (C=O) groups is 1. The lowest BCUT2D eigenvalue weighted by Gasteiger charge is -2.06. The molecule has 0 amide bonds. The van der Waals surface area contributed by atoms with Crippen LogP contribution >= 0.6 is 11.6 Å². The average molecular weight is 349 g/mol. The third-order valence-electron chi connectivity index (χ3n) is 3.08. The molecular weight excluding hydrogens is 332 g/mol. The number of ether oxygens (including phenoxy) is 1. The molecule has 0 atom stereocenters. The number of esters is 1. The van der Waals surface area contributed by atoms with Gasteiger partial charge in [0.1, 0.15) is 5.15 Å². The Balaban J connectivity index is 2.31. The van der Waals surface area contributed by atoms with Crippen LogP contribution in [0.25, 0.3) is 5.69 Å². The summed E-state index contributed by atoms with van der Waals surface area (Å²) >= 11 is 5.78. The van der Waals surface area contributed by atoms with Gasteiger partial charge in [-0.25, -0.2) is 14.5 Å². The third kappa shape index (κ3) is 4.11. The van der Waals surface area contributed by atoms with Crippen molar-refractivity contribution in [3.05, 3.63) is 52.8 Å². The minimum absolute atomic E-state index is 0.189. The molecule has 3 N–H and O–H groups in total. The van der Waals surface area contributed by atoms with Crippen LogP contribution in [0, 0.1) is 5.41 Å². The Kier molecular flexibility index (Phi) is 5.91. The van der Waals surface area contributed by atoms with Gasteiger partial charge in [0, 0.05) is 37.8 Å². The quantitative estimate of drug-likeness (QED) is 0.398. The van der Waals surface area contributed by atoms with Crippen molar-refractivity contribution in [2.45, 2.75) is 6.54 Å². The minimum atomic E-state index is -0.540. The highest BCUT2D eigenvalue weighted by molar-refractivity contribution is 6.29. The van der Waals surface area contributed by atoms with Gasteiger partial charge in [-0.2, -0.15) is 5.10 Å². The molecule has 0 aliphatic carbocycles. The zero-order chi connectivity index (χ0) is 17.5. The molecule has 2 heterocycles. The van der Waals surface area contributed by atoms with E-state index >= 15 is 0 Å². The van der Waals surface area contributed by atoms with Crippen LogP contribution in [0.3, 0.4) is 0 Å². The second-order valence-corrected chi connectivity index (χ2v) is 5.05. The average Bonchev–Trinajstić information content (AvgIpc) is 3.02. The number of rotatable bonds is 7. The molecule has 0 aromatic carbocycles. The van der Waals surface area contributed by atoms with E-state index in [4.69, 9.17) is 21.7 Å². The van der Waals surface area contributed by atoms with Crippen molar-refractivity contribution < 1.29 is 9.53 Å². The van der Waals surface area contributed by atoms with Crippen molar-refractivity contribution in [1.82, 2.24) is 25.4 Å². The summed E-state index contributed by atoms with van der Waals surface area (Å²) in [5.74, 6) is -0.540. The SMILES string of the molecule is CN/C=C(\C=N)NCc1cn(-c2ccc(Cl)nc2)nc1C(=O)OC. The van der Waals surface area contributed by atoms with E-state index in [1.165, 1.54) is 18.0 Å². The fourth-order valence-corrected chi connectivity index (χ4v) is 2.05. The molecule has 2 rings (SSSR count). The summed E-state index contributed by atoms with van der Waals surface area (Å²) in [7, 11) is 3.03. The Bertz CT molecular complexity index is 754. The first kappa shape index (κ1) is 17.5. The van der Waals surface area contributed by atoms with Gasteiger partial charge in [-0.05, 0) is 12.1 Å². The Morgan fingerprint density at radius 3 is 2.88 bits per heavy atom. The Morgan fingerprint density at radius 1 is 1.50 bits per heavy atom. The smallest absolute Gasteiger partial charge is 0.358 e. The molecule has 8 nitrogen and oxygen atoms in total. The standard InChI is InChI=1S/C15H17ClN6O2/c1-18-7-11(5-17)19-6-10-9-22(21-14(10)15(23)24-2)12-3-4-13(16)20-8-12/h3-5,7-9,17-19H,6H2,1-2H3/b11-7+,17-5?. The van der Waals surface area contributed by atoms with Gasteiger partial charge >= 0.3 is 5.97 Å². The van der Waals surface area contributed by atoms with E-state index in [2.05, 4.69) is 20.7 Å². The fraction of sp³-hybridized carbons (Fsp3) is 0.200. The zero-order valence-corrected chi connectivity index (χ0v) is 14.0. The lowest BCUT2D eigenvalue weighted by molar-refractivity contribution is 0.0592. The van der Waals surface area contributed by atoms with E-state index in [0.717, 1.165) is 0 Å². The number of aromatic nitrogens is 3. The number of nitrogens with one attached hydrogen (secondary N) is 3. The summed E-state index contributed by atoms with van der Waals surface area (Å²) in [6, 6.07) is 3.38. The van der Waals surface area contributed by atoms with Gasteiger partial charge in [0.25, 0.3) is 0 Å². The summed E-state index contributed by atoms with van der Waals surface area (Å²) in [6.45, 7) is 0.300. The van der Waals surface area contributed by atoms with Crippen molar-refractivity contribution in [3.63, 3.8) is 0 Å². The van der Waals surface area contributed by atoms with Gasteiger partial charge in [-0.3, -0.25) is 0 Å². The number of hydrogen-bond donors (Lipinski definition) is 3. The Morgan fingerprint density at radius 2 is 2.29 bits per heavy atom. The highest BCUT2D eigenvalue weighted by Gasteiger charge is 2.18. The molecule has 0 aliphatic rings. The minimum Gasteiger partial charge on any atom is -0.464 e. The van der Waals surface area contributed by atoms with Crippen LogP contribution in [-0.4, -0.2) is 41.1 Å².